The van der Waals surface area contributed by atoms with Gasteiger partial charge < -0.3 is 9.57 Å². The quantitative estimate of drug-likeness (QED) is 0.415. The molecule has 1 rings (SSSR count). The predicted molar refractivity (Wildman–Crippen MR) is 51.8 cm³/mol. The molecular formula is C10H13NO3. The largest absolute Gasteiger partial charge is 0.469 e. The third-order valence-electron chi connectivity index (χ3n) is 1.99. The molecule has 2 N–H and O–H groups in total. The highest BCUT2D eigenvalue weighted by molar-refractivity contribution is 5.70. The molecule has 0 spiro atoms. The van der Waals surface area contributed by atoms with E-state index in [0.29, 0.717) is 6.42 Å². The fourth-order valence-electron chi connectivity index (χ4n) is 1.25. The van der Waals surface area contributed by atoms with E-state index in [4.69, 9.17) is 5.90 Å². The molecule has 0 saturated carbocycles. The highest BCUT2D eigenvalue weighted by atomic mass is 16.6. The number of carbonyl (C=O) groups excluding carboxylic acids is 1. The molecule has 0 heterocycles. The maximum atomic E-state index is 11.1. The fourth-order valence-corrected chi connectivity index (χ4v) is 1.25. The van der Waals surface area contributed by atoms with Gasteiger partial charge in [0.05, 0.1) is 13.5 Å². The maximum absolute atomic E-state index is 11.1. The minimum Gasteiger partial charge on any atom is -0.469 e. The van der Waals surface area contributed by atoms with Crippen LogP contribution in [0.4, 0.5) is 0 Å². The van der Waals surface area contributed by atoms with Gasteiger partial charge in [-0.1, -0.05) is 24.3 Å². The van der Waals surface area contributed by atoms with Crippen LogP contribution in [-0.2, 0) is 14.4 Å². The van der Waals surface area contributed by atoms with E-state index in [-0.39, 0.29) is 11.9 Å². The van der Waals surface area contributed by atoms with Crippen LogP contribution in [0.1, 0.15) is 6.42 Å². The van der Waals surface area contributed by atoms with E-state index in [0.717, 1.165) is 5.57 Å². The van der Waals surface area contributed by atoms with Crippen LogP contribution in [0.2, 0.25) is 0 Å². The number of nitrogens with two attached hydrogens (primary N) is 1. The normalized spacial score (nSPS) is 22.4. The topological polar surface area (TPSA) is 61.5 Å². The standard InChI is InChI=1S/C10H13NO3/c1-13-10(12)6-8-4-2-3-5-9(8)7-14-11/h2-5,7-8H,6,11H2,1H3. The summed E-state index contributed by atoms with van der Waals surface area (Å²) >= 11 is 0. The maximum Gasteiger partial charge on any atom is 0.306 e. The summed E-state index contributed by atoms with van der Waals surface area (Å²) in [5.74, 6) is 4.66. The summed E-state index contributed by atoms with van der Waals surface area (Å²) in [5.41, 5.74) is 0.861. The molecule has 4 nitrogen and oxygen atoms in total. The van der Waals surface area contributed by atoms with Gasteiger partial charge in [0.1, 0.15) is 6.26 Å². The van der Waals surface area contributed by atoms with Crippen molar-refractivity contribution >= 4 is 5.97 Å². The summed E-state index contributed by atoms with van der Waals surface area (Å²) in [7, 11) is 1.37. The number of allylic oxidation sites excluding steroid dienone is 5. The van der Waals surface area contributed by atoms with Crippen LogP contribution in [0.15, 0.2) is 36.1 Å². The molecule has 76 valence electrons. The first-order valence-electron chi connectivity index (χ1n) is 4.25. The number of rotatable bonds is 3. The van der Waals surface area contributed by atoms with Crippen molar-refractivity contribution in [3.63, 3.8) is 0 Å². The van der Waals surface area contributed by atoms with Gasteiger partial charge >= 0.3 is 5.97 Å². The van der Waals surface area contributed by atoms with Crippen LogP contribution in [0, 0.1) is 5.92 Å². The molecule has 0 bridgehead atoms. The van der Waals surface area contributed by atoms with Gasteiger partial charge in [-0.3, -0.25) is 4.79 Å². The van der Waals surface area contributed by atoms with Crippen molar-refractivity contribution in [3.8, 4) is 0 Å². The van der Waals surface area contributed by atoms with Crippen molar-refractivity contribution < 1.29 is 14.4 Å². The van der Waals surface area contributed by atoms with E-state index in [1.807, 2.05) is 24.3 Å². The lowest BCUT2D eigenvalue weighted by Gasteiger charge is -2.14. The molecule has 0 radical (unpaired) electrons. The summed E-state index contributed by atoms with van der Waals surface area (Å²) < 4.78 is 4.58. The van der Waals surface area contributed by atoms with E-state index >= 15 is 0 Å². The summed E-state index contributed by atoms with van der Waals surface area (Å²) in [5, 5.41) is 0. The van der Waals surface area contributed by atoms with Gasteiger partial charge in [0, 0.05) is 5.92 Å². The van der Waals surface area contributed by atoms with Gasteiger partial charge in [-0.2, -0.15) is 5.90 Å². The number of esters is 1. The number of hydrogen-bond acceptors (Lipinski definition) is 4. The molecule has 0 fully saturated rings. The number of ether oxygens (including phenoxy) is 1. The van der Waals surface area contributed by atoms with Crippen molar-refractivity contribution in [2.45, 2.75) is 6.42 Å². The van der Waals surface area contributed by atoms with E-state index in [9.17, 15) is 4.79 Å². The zero-order valence-corrected chi connectivity index (χ0v) is 7.97. The Morgan fingerprint density at radius 2 is 2.43 bits per heavy atom. The number of carbonyl (C=O) groups is 1. The third kappa shape index (κ3) is 2.74. The molecule has 14 heavy (non-hydrogen) atoms. The second kappa shape index (κ2) is 5.24. The molecule has 1 unspecified atom stereocenters. The molecule has 0 aromatic rings. The van der Waals surface area contributed by atoms with Crippen molar-refractivity contribution in [1.29, 1.82) is 0 Å². The third-order valence-corrected chi connectivity index (χ3v) is 1.99. The fraction of sp³-hybridized carbons (Fsp3) is 0.300. The zero-order valence-electron chi connectivity index (χ0n) is 7.97. The van der Waals surface area contributed by atoms with Crippen molar-refractivity contribution in [1.82, 2.24) is 0 Å². The van der Waals surface area contributed by atoms with E-state index in [2.05, 4.69) is 9.57 Å². The lowest BCUT2D eigenvalue weighted by Crippen LogP contribution is -2.11. The summed E-state index contributed by atoms with van der Waals surface area (Å²) in [6.45, 7) is 0. The second-order valence-electron chi connectivity index (χ2n) is 2.88. The Morgan fingerprint density at radius 3 is 3.07 bits per heavy atom. The summed E-state index contributed by atoms with van der Waals surface area (Å²) in [6.07, 6.45) is 9.21. The van der Waals surface area contributed by atoms with Gasteiger partial charge in [0.25, 0.3) is 0 Å². The average Bonchev–Trinajstić information content (AvgIpc) is 2.21. The molecule has 1 aliphatic carbocycles. The van der Waals surface area contributed by atoms with Gasteiger partial charge in [-0.15, -0.1) is 0 Å². The van der Waals surface area contributed by atoms with Crippen LogP contribution < -0.4 is 5.90 Å². The highest BCUT2D eigenvalue weighted by Gasteiger charge is 2.16. The summed E-state index contributed by atoms with van der Waals surface area (Å²) in [4.78, 5) is 15.5. The van der Waals surface area contributed by atoms with Crippen molar-refractivity contribution in [2.75, 3.05) is 7.11 Å². The van der Waals surface area contributed by atoms with Gasteiger partial charge in [-0.05, 0) is 5.57 Å². The molecule has 0 aromatic heterocycles. The summed E-state index contributed by atoms with van der Waals surface area (Å²) in [6, 6.07) is 0. The minimum absolute atomic E-state index is 0.0176. The smallest absolute Gasteiger partial charge is 0.306 e. The minimum atomic E-state index is -0.252. The first kappa shape index (κ1) is 10.5. The zero-order chi connectivity index (χ0) is 10.4. The van der Waals surface area contributed by atoms with Gasteiger partial charge in [0.2, 0.25) is 0 Å². The second-order valence-corrected chi connectivity index (χ2v) is 2.88. The van der Waals surface area contributed by atoms with Crippen LogP contribution >= 0.6 is 0 Å². The molecule has 0 amide bonds. The first-order valence-corrected chi connectivity index (χ1v) is 4.25. The monoisotopic (exact) mass is 195 g/mol. The molecular weight excluding hydrogens is 182 g/mol. The lowest BCUT2D eigenvalue weighted by molar-refractivity contribution is -0.141. The first-order chi connectivity index (χ1) is 6.77. The van der Waals surface area contributed by atoms with E-state index in [1.165, 1.54) is 13.4 Å². The van der Waals surface area contributed by atoms with Crippen LogP contribution in [0.5, 0.6) is 0 Å². The van der Waals surface area contributed by atoms with Crippen molar-refractivity contribution in [2.24, 2.45) is 11.8 Å². The number of hydrogen-bond donors (Lipinski definition) is 1. The van der Waals surface area contributed by atoms with Crippen molar-refractivity contribution in [3.05, 3.63) is 36.1 Å². The van der Waals surface area contributed by atoms with Crippen LogP contribution in [0.3, 0.4) is 0 Å². The molecule has 0 aliphatic heterocycles. The van der Waals surface area contributed by atoms with Gasteiger partial charge in [0.15, 0.2) is 0 Å². The number of methoxy groups -OCH3 is 1. The Kier molecular flexibility index (Phi) is 3.94. The predicted octanol–water partition coefficient (Wildman–Crippen LogP) is 1.07. The van der Waals surface area contributed by atoms with Crippen LogP contribution in [0.25, 0.3) is 0 Å². The SMILES string of the molecule is COC(=O)CC1C=CC=CC1=CON. The van der Waals surface area contributed by atoms with Crippen LogP contribution in [-0.4, -0.2) is 13.1 Å². The van der Waals surface area contributed by atoms with Gasteiger partial charge in [-0.25, -0.2) is 0 Å². The Labute approximate surface area is 82.6 Å². The Bertz CT molecular complexity index is 292. The van der Waals surface area contributed by atoms with E-state index in [1.54, 1.807) is 0 Å². The molecule has 1 atom stereocenters. The Morgan fingerprint density at radius 1 is 1.64 bits per heavy atom. The molecule has 0 saturated heterocycles. The highest BCUT2D eigenvalue weighted by Crippen LogP contribution is 2.22. The average molecular weight is 195 g/mol. The molecule has 1 aliphatic rings. The Hall–Kier alpha value is -1.55. The molecule has 0 aromatic carbocycles. The molecule has 4 heteroatoms. The lowest BCUT2D eigenvalue weighted by atomic mass is 9.92. The van der Waals surface area contributed by atoms with E-state index < -0.39 is 0 Å². The Balaban J connectivity index is 2.66.